The van der Waals surface area contributed by atoms with Crippen molar-refractivity contribution in [2.45, 2.75) is 43.4 Å². The molecule has 2 aromatic rings. The molecular weight excluding hydrogens is 396 g/mol. The fourth-order valence-electron chi connectivity index (χ4n) is 3.15. The predicted molar refractivity (Wildman–Crippen MR) is 110 cm³/mol. The zero-order chi connectivity index (χ0) is 20.0. The van der Waals surface area contributed by atoms with Gasteiger partial charge in [-0.15, -0.1) is 11.3 Å². The summed E-state index contributed by atoms with van der Waals surface area (Å²) in [6.07, 6.45) is 4.13. The van der Waals surface area contributed by atoms with Crippen LogP contribution < -0.4 is 5.32 Å². The largest absolute Gasteiger partial charge is 0.326 e. The van der Waals surface area contributed by atoms with E-state index >= 15 is 0 Å². The molecule has 0 spiro atoms. The number of benzene rings is 1. The molecule has 0 bridgehead atoms. The topological polar surface area (TPSA) is 83.5 Å². The Morgan fingerprint density at radius 2 is 1.64 bits per heavy atom. The highest BCUT2D eigenvalue weighted by Gasteiger charge is 2.25. The number of anilines is 1. The van der Waals surface area contributed by atoms with Gasteiger partial charge in [-0.2, -0.15) is 4.31 Å². The lowest BCUT2D eigenvalue weighted by molar-refractivity contribution is -0.116. The number of thiophene rings is 1. The molecule has 0 unspecified atom stereocenters. The maximum Gasteiger partial charge on any atom is 0.243 e. The summed E-state index contributed by atoms with van der Waals surface area (Å²) in [6, 6.07) is 9.76. The van der Waals surface area contributed by atoms with Crippen molar-refractivity contribution in [3.63, 3.8) is 0 Å². The molecule has 0 saturated carbocycles. The predicted octanol–water partition coefficient (Wildman–Crippen LogP) is 3.91. The molecule has 1 saturated heterocycles. The summed E-state index contributed by atoms with van der Waals surface area (Å²) in [5.41, 5.74) is 0.517. The number of carbonyl (C=O) groups is 2. The van der Waals surface area contributed by atoms with Crippen molar-refractivity contribution in [2.24, 2.45) is 0 Å². The maximum atomic E-state index is 12.8. The van der Waals surface area contributed by atoms with Gasteiger partial charge in [-0.05, 0) is 48.6 Å². The zero-order valence-electron chi connectivity index (χ0n) is 15.6. The molecule has 0 radical (unpaired) electrons. The normalized spacial score (nSPS) is 15.7. The summed E-state index contributed by atoms with van der Waals surface area (Å²) < 4.78 is 27.1. The first kappa shape index (κ1) is 20.7. The standard InChI is InChI=1S/C20H24N2O4S2/c23-18(19-6-5-15-27-19)11-12-20(24)21-16-7-9-17(10-8-16)28(25,26)22-13-3-1-2-4-14-22/h5-10,15H,1-4,11-14H2,(H,21,24). The number of amides is 1. The SMILES string of the molecule is O=C(CCC(=O)c1cccs1)Nc1ccc(S(=O)(=O)N2CCCCCC2)cc1. The van der Waals surface area contributed by atoms with E-state index in [0.717, 1.165) is 25.7 Å². The van der Waals surface area contributed by atoms with Crippen LogP contribution >= 0.6 is 11.3 Å². The molecule has 1 fully saturated rings. The Morgan fingerprint density at radius 3 is 2.25 bits per heavy atom. The van der Waals surface area contributed by atoms with E-state index in [2.05, 4.69) is 5.32 Å². The van der Waals surface area contributed by atoms with Gasteiger partial charge in [-0.25, -0.2) is 8.42 Å². The molecule has 1 amide bonds. The molecule has 1 aliphatic rings. The third-order valence-electron chi connectivity index (χ3n) is 4.72. The number of hydrogen-bond donors (Lipinski definition) is 1. The highest BCUT2D eigenvalue weighted by atomic mass is 32.2. The summed E-state index contributed by atoms with van der Waals surface area (Å²) in [5, 5.41) is 4.54. The van der Waals surface area contributed by atoms with Crippen LogP contribution in [-0.4, -0.2) is 37.5 Å². The number of nitrogens with one attached hydrogen (secondary N) is 1. The molecule has 1 aromatic carbocycles. The quantitative estimate of drug-likeness (QED) is 0.688. The number of rotatable bonds is 7. The number of hydrogen-bond acceptors (Lipinski definition) is 5. The molecule has 0 atom stereocenters. The van der Waals surface area contributed by atoms with E-state index in [0.29, 0.717) is 23.7 Å². The van der Waals surface area contributed by atoms with Crippen LogP contribution in [0.2, 0.25) is 0 Å². The molecule has 1 aromatic heterocycles. The van der Waals surface area contributed by atoms with E-state index in [9.17, 15) is 18.0 Å². The maximum absolute atomic E-state index is 12.8. The van der Waals surface area contributed by atoms with Crippen LogP contribution in [0.15, 0.2) is 46.7 Å². The van der Waals surface area contributed by atoms with E-state index in [1.807, 2.05) is 5.38 Å². The van der Waals surface area contributed by atoms with Gasteiger partial charge in [-0.3, -0.25) is 9.59 Å². The average molecular weight is 421 g/mol. The van der Waals surface area contributed by atoms with Gasteiger partial charge in [0.25, 0.3) is 0 Å². The summed E-state index contributed by atoms with van der Waals surface area (Å²) >= 11 is 1.36. The van der Waals surface area contributed by atoms with Gasteiger partial charge >= 0.3 is 0 Å². The average Bonchev–Trinajstić information content (AvgIpc) is 3.08. The Labute approximate surface area is 169 Å². The minimum Gasteiger partial charge on any atom is -0.326 e. The lowest BCUT2D eigenvalue weighted by atomic mass is 10.2. The summed E-state index contributed by atoms with van der Waals surface area (Å²) in [5.74, 6) is -0.322. The molecular formula is C20H24N2O4S2. The van der Waals surface area contributed by atoms with Crippen molar-refractivity contribution < 1.29 is 18.0 Å². The zero-order valence-corrected chi connectivity index (χ0v) is 17.2. The van der Waals surface area contributed by atoms with E-state index in [1.54, 1.807) is 28.6 Å². The van der Waals surface area contributed by atoms with Crippen LogP contribution in [-0.2, 0) is 14.8 Å². The molecule has 6 nitrogen and oxygen atoms in total. The van der Waals surface area contributed by atoms with Gasteiger partial charge in [0.1, 0.15) is 0 Å². The third-order valence-corrected chi connectivity index (χ3v) is 7.54. The molecule has 1 aliphatic heterocycles. The number of nitrogens with zero attached hydrogens (tertiary/aromatic N) is 1. The first-order valence-corrected chi connectivity index (χ1v) is 11.8. The van der Waals surface area contributed by atoms with Gasteiger partial charge in [0.2, 0.25) is 15.9 Å². The first-order chi connectivity index (χ1) is 13.5. The van der Waals surface area contributed by atoms with Crippen LogP contribution in [0.25, 0.3) is 0 Å². The van der Waals surface area contributed by atoms with E-state index < -0.39 is 10.0 Å². The second kappa shape index (κ2) is 9.45. The molecule has 0 aliphatic carbocycles. The molecule has 3 rings (SSSR count). The monoisotopic (exact) mass is 420 g/mol. The smallest absolute Gasteiger partial charge is 0.243 e. The molecule has 8 heteroatoms. The van der Waals surface area contributed by atoms with Crippen molar-refractivity contribution in [1.29, 1.82) is 0 Å². The number of ketones is 1. The van der Waals surface area contributed by atoms with Crippen LogP contribution in [0.5, 0.6) is 0 Å². The molecule has 150 valence electrons. The second-order valence-corrected chi connectivity index (χ2v) is 9.68. The Bertz CT molecular complexity index is 898. The van der Waals surface area contributed by atoms with Crippen molar-refractivity contribution in [1.82, 2.24) is 4.31 Å². The number of carbonyl (C=O) groups excluding carboxylic acids is 2. The van der Waals surface area contributed by atoms with Gasteiger partial charge in [0, 0.05) is 31.6 Å². The summed E-state index contributed by atoms with van der Waals surface area (Å²) in [4.78, 5) is 24.9. The van der Waals surface area contributed by atoms with Gasteiger partial charge < -0.3 is 5.32 Å². The first-order valence-electron chi connectivity index (χ1n) is 9.43. The van der Waals surface area contributed by atoms with Crippen LogP contribution in [0.3, 0.4) is 0 Å². The van der Waals surface area contributed by atoms with Gasteiger partial charge in [-0.1, -0.05) is 18.9 Å². The van der Waals surface area contributed by atoms with E-state index in [1.165, 1.54) is 23.5 Å². The van der Waals surface area contributed by atoms with Crippen molar-refractivity contribution in [3.05, 3.63) is 46.7 Å². The van der Waals surface area contributed by atoms with Crippen molar-refractivity contribution in [3.8, 4) is 0 Å². The Hall–Kier alpha value is -2.03. The van der Waals surface area contributed by atoms with Crippen LogP contribution in [0, 0.1) is 0 Å². The highest BCUT2D eigenvalue weighted by Crippen LogP contribution is 2.22. The Balaban J connectivity index is 1.56. The fraction of sp³-hybridized carbons (Fsp3) is 0.400. The molecule has 1 N–H and O–H groups in total. The lowest BCUT2D eigenvalue weighted by Crippen LogP contribution is -2.31. The fourth-order valence-corrected chi connectivity index (χ4v) is 5.36. The molecule has 28 heavy (non-hydrogen) atoms. The van der Waals surface area contributed by atoms with E-state index in [-0.39, 0.29) is 29.4 Å². The second-order valence-electron chi connectivity index (χ2n) is 6.79. The minimum atomic E-state index is -3.50. The lowest BCUT2D eigenvalue weighted by Gasteiger charge is -2.20. The number of sulfonamides is 1. The minimum absolute atomic E-state index is 0.0518. The number of Topliss-reactive ketones (excluding diaryl/α,β-unsaturated/α-hetero) is 1. The van der Waals surface area contributed by atoms with Crippen molar-refractivity contribution >= 4 is 38.7 Å². The molecule has 2 heterocycles. The summed E-state index contributed by atoms with van der Waals surface area (Å²) in [7, 11) is -3.50. The van der Waals surface area contributed by atoms with Crippen LogP contribution in [0.1, 0.15) is 48.2 Å². The summed E-state index contributed by atoms with van der Waals surface area (Å²) in [6.45, 7) is 1.11. The highest BCUT2D eigenvalue weighted by molar-refractivity contribution is 7.89. The van der Waals surface area contributed by atoms with Gasteiger partial charge in [0.05, 0.1) is 9.77 Å². The van der Waals surface area contributed by atoms with Gasteiger partial charge in [0.15, 0.2) is 5.78 Å². The van der Waals surface area contributed by atoms with Crippen molar-refractivity contribution in [2.75, 3.05) is 18.4 Å². The Morgan fingerprint density at radius 1 is 0.964 bits per heavy atom. The third kappa shape index (κ3) is 5.27. The van der Waals surface area contributed by atoms with Crippen LogP contribution in [0.4, 0.5) is 5.69 Å². The van der Waals surface area contributed by atoms with E-state index in [4.69, 9.17) is 0 Å². The Kier molecular flexibility index (Phi) is 6.98.